The number of carbonyl (C=O) groups is 3. The summed E-state index contributed by atoms with van der Waals surface area (Å²) in [4.78, 5) is 36.5. The van der Waals surface area contributed by atoms with Gasteiger partial charge < -0.3 is 9.47 Å². The van der Waals surface area contributed by atoms with E-state index in [0.717, 1.165) is 0 Å². The Hall–Kier alpha value is -1.85. The van der Waals surface area contributed by atoms with Crippen LogP contribution in [0.1, 0.15) is 41.5 Å². The molecule has 6 heteroatoms. The maximum atomic E-state index is 12.0. The first kappa shape index (κ1) is 17.2. The van der Waals surface area contributed by atoms with Gasteiger partial charge in [-0.3, -0.25) is 14.5 Å². The predicted octanol–water partition coefficient (Wildman–Crippen LogP) is 2.28. The molecule has 1 heterocycles. The van der Waals surface area contributed by atoms with Gasteiger partial charge in [0.05, 0.1) is 17.7 Å². The Labute approximate surface area is 125 Å². The lowest BCUT2D eigenvalue weighted by Crippen LogP contribution is -2.37. The first-order valence-corrected chi connectivity index (χ1v) is 6.81. The van der Waals surface area contributed by atoms with Crippen LogP contribution in [-0.4, -0.2) is 41.5 Å². The molecule has 0 radical (unpaired) electrons. The van der Waals surface area contributed by atoms with Crippen LogP contribution in [0, 0.1) is 5.41 Å². The fourth-order valence-electron chi connectivity index (χ4n) is 1.54. The van der Waals surface area contributed by atoms with Gasteiger partial charge in [0.2, 0.25) is 0 Å². The van der Waals surface area contributed by atoms with Crippen molar-refractivity contribution in [2.45, 2.75) is 47.1 Å². The van der Waals surface area contributed by atoms with Crippen molar-refractivity contribution in [3.63, 3.8) is 0 Å². The summed E-state index contributed by atoms with van der Waals surface area (Å²) in [5.74, 6) is -0.616. The van der Waals surface area contributed by atoms with Gasteiger partial charge in [-0.2, -0.15) is 0 Å². The fraction of sp³-hybridized carbons (Fsp3) is 0.667. The Morgan fingerprint density at radius 1 is 1.19 bits per heavy atom. The van der Waals surface area contributed by atoms with Gasteiger partial charge in [-0.25, -0.2) is 4.79 Å². The quantitative estimate of drug-likeness (QED) is 0.731. The van der Waals surface area contributed by atoms with Gasteiger partial charge in [0.25, 0.3) is 0 Å². The molecule has 0 atom stereocenters. The first-order valence-electron chi connectivity index (χ1n) is 6.81. The van der Waals surface area contributed by atoms with E-state index in [1.165, 1.54) is 11.0 Å². The summed E-state index contributed by atoms with van der Waals surface area (Å²) in [6, 6.07) is 0. The lowest BCUT2D eigenvalue weighted by molar-refractivity contribution is -0.152. The number of esters is 1. The zero-order chi connectivity index (χ0) is 16.4. The molecule has 0 fully saturated rings. The molecular formula is C15H23NO5. The SMILES string of the molecule is CC(C)(C)OC(=O)N1CC(=O)C=C1COC(=O)C(C)(C)C. The highest BCUT2D eigenvalue weighted by Crippen LogP contribution is 2.20. The number of amides is 1. The molecule has 0 aromatic heterocycles. The summed E-state index contributed by atoms with van der Waals surface area (Å²) >= 11 is 0. The van der Waals surface area contributed by atoms with E-state index < -0.39 is 23.1 Å². The molecule has 0 saturated heterocycles. The number of hydrogen-bond acceptors (Lipinski definition) is 5. The van der Waals surface area contributed by atoms with Crippen LogP contribution in [-0.2, 0) is 19.1 Å². The van der Waals surface area contributed by atoms with Gasteiger partial charge in [0.1, 0.15) is 12.2 Å². The highest BCUT2D eigenvalue weighted by Gasteiger charge is 2.32. The van der Waals surface area contributed by atoms with E-state index in [2.05, 4.69) is 0 Å². The molecule has 6 nitrogen and oxygen atoms in total. The van der Waals surface area contributed by atoms with Crippen LogP contribution in [0.3, 0.4) is 0 Å². The molecule has 0 bridgehead atoms. The zero-order valence-corrected chi connectivity index (χ0v) is 13.5. The second-order valence-electron chi connectivity index (χ2n) is 6.99. The number of rotatable bonds is 2. The highest BCUT2D eigenvalue weighted by atomic mass is 16.6. The molecule has 0 saturated carbocycles. The van der Waals surface area contributed by atoms with Crippen molar-refractivity contribution in [2.75, 3.05) is 13.2 Å². The van der Waals surface area contributed by atoms with Gasteiger partial charge in [-0.1, -0.05) is 0 Å². The first-order chi connectivity index (χ1) is 9.40. The zero-order valence-electron chi connectivity index (χ0n) is 13.5. The van der Waals surface area contributed by atoms with Crippen molar-refractivity contribution < 1.29 is 23.9 Å². The predicted molar refractivity (Wildman–Crippen MR) is 76.4 cm³/mol. The van der Waals surface area contributed by atoms with E-state index in [4.69, 9.17) is 9.47 Å². The molecule has 0 aliphatic carbocycles. The molecule has 1 aliphatic heterocycles. The Morgan fingerprint density at radius 2 is 1.76 bits per heavy atom. The summed E-state index contributed by atoms with van der Waals surface area (Å²) in [5, 5.41) is 0. The van der Waals surface area contributed by atoms with Crippen LogP contribution in [0.4, 0.5) is 4.79 Å². The summed E-state index contributed by atoms with van der Waals surface area (Å²) in [6.45, 7) is 10.2. The van der Waals surface area contributed by atoms with Crippen LogP contribution in [0.25, 0.3) is 0 Å². The monoisotopic (exact) mass is 297 g/mol. The smallest absolute Gasteiger partial charge is 0.415 e. The van der Waals surface area contributed by atoms with E-state index >= 15 is 0 Å². The molecule has 0 N–H and O–H groups in total. The summed E-state index contributed by atoms with van der Waals surface area (Å²) in [7, 11) is 0. The van der Waals surface area contributed by atoms with Gasteiger partial charge in [-0.15, -0.1) is 0 Å². The minimum absolute atomic E-state index is 0.0860. The summed E-state index contributed by atoms with van der Waals surface area (Å²) in [6.07, 6.45) is 0.686. The number of carbonyl (C=O) groups excluding carboxylic acids is 3. The van der Waals surface area contributed by atoms with Crippen LogP contribution in [0.15, 0.2) is 11.8 Å². The Balaban J connectivity index is 2.71. The molecule has 0 unspecified atom stereocenters. The van der Waals surface area contributed by atoms with E-state index in [9.17, 15) is 14.4 Å². The molecule has 0 spiro atoms. The number of ketones is 1. The van der Waals surface area contributed by atoms with E-state index in [0.29, 0.717) is 5.70 Å². The summed E-state index contributed by atoms with van der Waals surface area (Å²) in [5.41, 5.74) is -0.956. The van der Waals surface area contributed by atoms with Gasteiger partial charge in [-0.05, 0) is 41.5 Å². The standard InChI is InChI=1S/C15H23NO5/c1-14(2,3)12(18)20-9-10-7-11(17)8-16(10)13(19)21-15(4,5)6/h7H,8-9H2,1-6H3. The van der Waals surface area contributed by atoms with E-state index in [1.54, 1.807) is 41.5 Å². The highest BCUT2D eigenvalue weighted by molar-refractivity contribution is 5.98. The van der Waals surface area contributed by atoms with Crippen molar-refractivity contribution in [1.29, 1.82) is 0 Å². The van der Waals surface area contributed by atoms with E-state index in [1.807, 2.05) is 0 Å². The maximum Gasteiger partial charge on any atom is 0.415 e. The topological polar surface area (TPSA) is 72.9 Å². The van der Waals surface area contributed by atoms with Crippen LogP contribution in [0.5, 0.6) is 0 Å². The second-order valence-corrected chi connectivity index (χ2v) is 6.99. The molecule has 1 amide bonds. The Kier molecular flexibility index (Phi) is 4.81. The molecule has 0 aromatic rings. The third-order valence-electron chi connectivity index (χ3n) is 2.57. The van der Waals surface area contributed by atoms with E-state index in [-0.39, 0.29) is 18.9 Å². The maximum absolute atomic E-state index is 12.0. The third-order valence-corrected chi connectivity index (χ3v) is 2.57. The molecule has 1 aliphatic rings. The average Bonchev–Trinajstić information content (AvgIpc) is 2.63. The third kappa shape index (κ3) is 5.21. The van der Waals surface area contributed by atoms with Crippen molar-refractivity contribution in [2.24, 2.45) is 5.41 Å². The summed E-state index contributed by atoms with van der Waals surface area (Å²) < 4.78 is 10.4. The lowest BCUT2D eigenvalue weighted by Gasteiger charge is -2.26. The normalized spacial score (nSPS) is 15.8. The minimum Gasteiger partial charge on any atom is -0.459 e. The fourth-order valence-corrected chi connectivity index (χ4v) is 1.54. The number of hydrogen-bond donors (Lipinski definition) is 0. The Morgan fingerprint density at radius 3 is 2.24 bits per heavy atom. The van der Waals surface area contributed by atoms with Gasteiger partial charge in [0.15, 0.2) is 5.78 Å². The second kappa shape index (κ2) is 5.87. The number of nitrogens with zero attached hydrogens (tertiary/aromatic N) is 1. The molecule has 1 rings (SSSR count). The van der Waals surface area contributed by atoms with Gasteiger partial charge in [0, 0.05) is 6.08 Å². The molecule has 118 valence electrons. The number of ether oxygens (including phenoxy) is 2. The van der Waals surface area contributed by atoms with Crippen molar-refractivity contribution in [3.05, 3.63) is 11.8 Å². The van der Waals surface area contributed by atoms with Gasteiger partial charge >= 0.3 is 12.1 Å². The largest absolute Gasteiger partial charge is 0.459 e. The van der Waals surface area contributed by atoms with Crippen molar-refractivity contribution >= 4 is 17.8 Å². The van der Waals surface area contributed by atoms with Crippen molar-refractivity contribution in [1.82, 2.24) is 4.90 Å². The van der Waals surface area contributed by atoms with Crippen LogP contribution >= 0.6 is 0 Å². The lowest BCUT2D eigenvalue weighted by atomic mass is 9.97. The molecule has 21 heavy (non-hydrogen) atoms. The Bertz CT molecular complexity index is 479. The van der Waals surface area contributed by atoms with Crippen LogP contribution in [0.2, 0.25) is 0 Å². The molecule has 0 aromatic carbocycles. The average molecular weight is 297 g/mol. The van der Waals surface area contributed by atoms with Crippen molar-refractivity contribution in [3.8, 4) is 0 Å². The minimum atomic E-state index is -0.657. The van der Waals surface area contributed by atoms with Crippen LogP contribution < -0.4 is 0 Å². The molecular weight excluding hydrogens is 274 g/mol.